The van der Waals surface area contributed by atoms with Crippen LogP contribution in [0, 0.1) is 18.7 Å². The number of nitrogens with zero attached hydrogens (tertiary/aromatic N) is 2. The maximum absolute atomic E-state index is 13.7. The van der Waals surface area contributed by atoms with E-state index in [9.17, 15) is 4.39 Å². The molecule has 2 nitrogen and oxygen atoms in total. The van der Waals surface area contributed by atoms with E-state index in [4.69, 9.17) is 11.6 Å². The minimum Gasteiger partial charge on any atom is -0.325 e. The number of aryl methyl sites for hydroxylation is 2. The number of rotatable bonds is 5. The molecule has 1 heterocycles. The third-order valence-electron chi connectivity index (χ3n) is 4.24. The number of hydrogen-bond donors (Lipinski definition) is 0. The molecule has 0 bridgehead atoms. The molecule has 0 radical (unpaired) electrons. The fraction of sp³-hybridized carbons (Fsp3) is 0.562. The second-order valence-corrected chi connectivity index (χ2v) is 6.16. The van der Waals surface area contributed by atoms with Crippen molar-refractivity contribution in [1.82, 2.24) is 9.55 Å². The van der Waals surface area contributed by atoms with Gasteiger partial charge in [0, 0.05) is 24.4 Å². The number of fused-ring (bicyclic) bond motifs is 1. The SMILES string of the molecule is CCCC1CC1n1c(CCCl)nc2cc(F)c(C)cc21. The second-order valence-electron chi connectivity index (χ2n) is 5.78. The van der Waals surface area contributed by atoms with Crippen LogP contribution in [-0.2, 0) is 6.42 Å². The summed E-state index contributed by atoms with van der Waals surface area (Å²) >= 11 is 5.89. The number of imidazole rings is 1. The molecule has 0 aliphatic heterocycles. The van der Waals surface area contributed by atoms with Crippen LogP contribution < -0.4 is 0 Å². The predicted molar refractivity (Wildman–Crippen MR) is 80.9 cm³/mol. The van der Waals surface area contributed by atoms with Crippen molar-refractivity contribution < 1.29 is 4.39 Å². The summed E-state index contributed by atoms with van der Waals surface area (Å²) in [5.74, 6) is 2.12. The molecule has 0 amide bonds. The summed E-state index contributed by atoms with van der Waals surface area (Å²) in [4.78, 5) is 4.60. The molecule has 2 atom stereocenters. The lowest BCUT2D eigenvalue weighted by Crippen LogP contribution is -2.04. The van der Waals surface area contributed by atoms with Gasteiger partial charge in [-0.1, -0.05) is 13.3 Å². The monoisotopic (exact) mass is 294 g/mol. The molecular formula is C16H20ClFN2. The van der Waals surface area contributed by atoms with Crippen LogP contribution in [-0.4, -0.2) is 15.4 Å². The first-order valence-electron chi connectivity index (χ1n) is 7.38. The zero-order chi connectivity index (χ0) is 14.3. The highest BCUT2D eigenvalue weighted by Gasteiger charge is 2.39. The topological polar surface area (TPSA) is 17.8 Å². The number of benzene rings is 1. The van der Waals surface area contributed by atoms with Gasteiger partial charge in [-0.3, -0.25) is 0 Å². The Labute approximate surface area is 123 Å². The minimum atomic E-state index is -0.180. The van der Waals surface area contributed by atoms with Gasteiger partial charge in [0.15, 0.2) is 0 Å². The van der Waals surface area contributed by atoms with Crippen LogP contribution in [0.25, 0.3) is 11.0 Å². The van der Waals surface area contributed by atoms with E-state index in [1.807, 2.05) is 13.0 Å². The Kier molecular flexibility index (Phi) is 3.72. The first-order chi connectivity index (χ1) is 9.65. The molecular weight excluding hydrogens is 275 g/mol. The predicted octanol–water partition coefficient (Wildman–Crippen LogP) is 4.63. The van der Waals surface area contributed by atoms with Gasteiger partial charge in [-0.15, -0.1) is 11.6 Å². The van der Waals surface area contributed by atoms with E-state index in [-0.39, 0.29) is 5.82 Å². The normalized spacial score (nSPS) is 21.6. The summed E-state index contributed by atoms with van der Waals surface area (Å²) in [5, 5.41) is 0. The summed E-state index contributed by atoms with van der Waals surface area (Å²) in [7, 11) is 0. The van der Waals surface area contributed by atoms with Gasteiger partial charge in [-0.05, 0) is 37.3 Å². The van der Waals surface area contributed by atoms with Gasteiger partial charge in [0.1, 0.15) is 11.6 Å². The van der Waals surface area contributed by atoms with Gasteiger partial charge in [0.05, 0.1) is 11.0 Å². The number of alkyl halides is 1. The first-order valence-corrected chi connectivity index (χ1v) is 7.92. The van der Waals surface area contributed by atoms with Crippen LogP contribution in [0.2, 0.25) is 0 Å². The van der Waals surface area contributed by atoms with Crippen molar-refractivity contribution in [2.45, 2.75) is 45.6 Å². The van der Waals surface area contributed by atoms with Crippen molar-refractivity contribution in [3.63, 3.8) is 0 Å². The lowest BCUT2D eigenvalue weighted by Gasteiger charge is -2.08. The van der Waals surface area contributed by atoms with Gasteiger partial charge in [0.2, 0.25) is 0 Å². The first kappa shape index (κ1) is 13.9. The highest BCUT2D eigenvalue weighted by atomic mass is 35.5. The van der Waals surface area contributed by atoms with Crippen LogP contribution >= 0.6 is 11.6 Å². The zero-order valence-electron chi connectivity index (χ0n) is 12.0. The molecule has 108 valence electrons. The Bertz CT molecular complexity index is 635. The smallest absolute Gasteiger partial charge is 0.128 e. The van der Waals surface area contributed by atoms with Gasteiger partial charge in [0.25, 0.3) is 0 Å². The highest BCUT2D eigenvalue weighted by molar-refractivity contribution is 6.17. The fourth-order valence-electron chi connectivity index (χ4n) is 3.13. The Hall–Kier alpha value is -1.09. The van der Waals surface area contributed by atoms with Crippen molar-refractivity contribution in [3.05, 3.63) is 29.3 Å². The zero-order valence-corrected chi connectivity index (χ0v) is 12.8. The van der Waals surface area contributed by atoms with Crippen molar-refractivity contribution in [3.8, 4) is 0 Å². The molecule has 4 heteroatoms. The largest absolute Gasteiger partial charge is 0.325 e. The van der Waals surface area contributed by atoms with Crippen LogP contribution in [0.4, 0.5) is 4.39 Å². The average Bonchev–Trinajstić information content (AvgIpc) is 3.07. The molecule has 1 aromatic carbocycles. The van der Waals surface area contributed by atoms with Crippen molar-refractivity contribution in [1.29, 1.82) is 0 Å². The summed E-state index contributed by atoms with van der Waals surface area (Å²) in [6.45, 7) is 4.03. The van der Waals surface area contributed by atoms with E-state index in [2.05, 4.69) is 16.5 Å². The quantitative estimate of drug-likeness (QED) is 0.735. The van der Waals surface area contributed by atoms with Crippen LogP contribution in [0.15, 0.2) is 12.1 Å². The summed E-state index contributed by atoms with van der Waals surface area (Å²) in [5.41, 5.74) is 2.51. The van der Waals surface area contributed by atoms with E-state index < -0.39 is 0 Å². The van der Waals surface area contributed by atoms with Crippen molar-refractivity contribution in [2.24, 2.45) is 5.92 Å². The average molecular weight is 295 g/mol. The van der Waals surface area contributed by atoms with Gasteiger partial charge < -0.3 is 4.57 Å². The minimum absolute atomic E-state index is 0.180. The Morgan fingerprint density at radius 3 is 2.95 bits per heavy atom. The van der Waals surface area contributed by atoms with E-state index in [0.717, 1.165) is 29.2 Å². The van der Waals surface area contributed by atoms with Crippen LogP contribution in [0.5, 0.6) is 0 Å². The van der Waals surface area contributed by atoms with Crippen LogP contribution in [0.3, 0.4) is 0 Å². The van der Waals surface area contributed by atoms with Crippen molar-refractivity contribution in [2.75, 3.05) is 5.88 Å². The molecule has 3 rings (SSSR count). The fourth-order valence-corrected chi connectivity index (χ4v) is 3.30. The number of aromatic nitrogens is 2. The Morgan fingerprint density at radius 1 is 1.45 bits per heavy atom. The van der Waals surface area contributed by atoms with E-state index in [0.29, 0.717) is 17.5 Å². The molecule has 1 aliphatic rings. The third-order valence-corrected chi connectivity index (χ3v) is 4.43. The number of hydrogen-bond acceptors (Lipinski definition) is 1. The molecule has 20 heavy (non-hydrogen) atoms. The lowest BCUT2D eigenvalue weighted by atomic mass is 10.2. The molecule has 1 aromatic heterocycles. The molecule has 1 fully saturated rings. The van der Waals surface area contributed by atoms with Crippen molar-refractivity contribution >= 4 is 22.6 Å². The number of halogens is 2. The Morgan fingerprint density at radius 2 is 2.25 bits per heavy atom. The molecule has 0 N–H and O–H groups in total. The molecule has 0 saturated heterocycles. The Balaban J connectivity index is 2.07. The van der Waals surface area contributed by atoms with Gasteiger partial charge in [-0.25, -0.2) is 9.37 Å². The van der Waals surface area contributed by atoms with Gasteiger partial charge in [-0.2, -0.15) is 0 Å². The molecule has 1 aliphatic carbocycles. The van der Waals surface area contributed by atoms with E-state index in [1.165, 1.54) is 19.3 Å². The molecule has 2 aromatic rings. The second kappa shape index (κ2) is 5.36. The maximum Gasteiger partial charge on any atom is 0.128 e. The summed E-state index contributed by atoms with van der Waals surface area (Å²) < 4.78 is 16.0. The van der Waals surface area contributed by atoms with E-state index >= 15 is 0 Å². The maximum atomic E-state index is 13.7. The summed E-state index contributed by atoms with van der Waals surface area (Å²) in [6.07, 6.45) is 4.42. The van der Waals surface area contributed by atoms with Gasteiger partial charge >= 0.3 is 0 Å². The third kappa shape index (κ3) is 2.32. The van der Waals surface area contributed by atoms with Crippen LogP contribution in [0.1, 0.15) is 43.6 Å². The van der Waals surface area contributed by atoms with E-state index in [1.54, 1.807) is 6.07 Å². The molecule has 0 spiro atoms. The standard InChI is InChI=1S/C16H20ClFN2/c1-3-4-11-8-14(11)20-15-7-10(2)12(18)9-13(15)19-16(20)5-6-17/h7,9,11,14H,3-6,8H2,1-2H3. The molecule has 2 unspecified atom stereocenters. The molecule has 1 saturated carbocycles. The highest BCUT2D eigenvalue weighted by Crippen LogP contribution is 2.48. The summed E-state index contributed by atoms with van der Waals surface area (Å²) in [6, 6.07) is 4.01. The lowest BCUT2D eigenvalue weighted by molar-refractivity contribution is 0.599.